The van der Waals surface area contributed by atoms with Gasteiger partial charge in [-0.25, -0.2) is 0 Å². The summed E-state index contributed by atoms with van der Waals surface area (Å²) in [5.74, 6) is 5.56. The third-order valence-electron chi connectivity index (χ3n) is 2.95. The minimum atomic E-state index is 0.278. The van der Waals surface area contributed by atoms with Gasteiger partial charge in [0.05, 0.1) is 6.10 Å². The molecule has 2 heterocycles. The van der Waals surface area contributed by atoms with Crippen LogP contribution < -0.4 is 11.3 Å². The first kappa shape index (κ1) is 11.1. The van der Waals surface area contributed by atoms with Gasteiger partial charge in [-0.1, -0.05) is 0 Å². The van der Waals surface area contributed by atoms with Crippen molar-refractivity contribution in [1.82, 2.24) is 5.43 Å². The van der Waals surface area contributed by atoms with Crippen molar-refractivity contribution in [3.63, 3.8) is 0 Å². The van der Waals surface area contributed by atoms with Gasteiger partial charge in [0.15, 0.2) is 0 Å². The minimum Gasteiger partial charge on any atom is -0.378 e. The zero-order chi connectivity index (χ0) is 10.5. The maximum absolute atomic E-state index is 5.60. The Morgan fingerprint density at radius 3 is 3.20 bits per heavy atom. The molecule has 15 heavy (non-hydrogen) atoms. The number of hydrogen-bond acceptors (Lipinski definition) is 4. The van der Waals surface area contributed by atoms with Crippen molar-refractivity contribution in [2.75, 3.05) is 6.61 Å². The summed E-state index contributed by atoms with van der Waals surface area (Å²) in [5.41, 5.74) is 4.17. The maximum Gasteiger partial charge on any atom is 0.0576 e. The van der Waals surface area contributed by atoms with Crippen LogP contribution in [0, 0.1) is 0 Å². The van der Waals surface area contributed by atoms with Crippen LogP contribution in [-0.4, -0.2) is 12.7 Å². The first-order valence-electron chi connectivity index (χ1n) is 5.50. The van der Waals surface area contributed by atoms with Crippen molar-refractivity contribution in [3.8, 4) is 0 Å². The van der Waals surface area contributed by atoms with E-state index in [4.69, 9.17) is 10.6 Å². The molecule has 2 atom stereocenters. The molecule has 84 valence electrons. The molecule has 2 rings (SSSR count). The fourth-order valence-electron chi connectivity index (χ4n) is 2.04. The number of thiophene rings is 1. The predicted molar refractivity (Wildman–Crippen MR) is 62.6 cm³/mol. The Labute approximate surface area is 94.6 Å². The van der Waals surface area contributed by atoms with Crippen LogP contribution in [0.2, 0.25) is 0 Å². The van der Waals surface area contributed by atoms with Crippen LogP contribution in [-0.2, 0) is 4.74 Å². The van der Waals surface area contributed by atoms with Crippen LogP contribution in [0.1, 0.15) is 37.3 Å². The molecule has 0 bridgehead atoms. The Hall–Kier alpha value is -0.420. The summed E-state index contributed by atoms with van der Waals surface area (Å²) in [4.78, 5) is 0. The van der Waals surface area contributed by atoms with Crippen molar-refractivity contribution >= 4 is 11.3 Å². The molecule has 1 aromatic heterocycles. The van der Waals surface area contributed by atoms with Crippen molar-refractivity contribution in [3.05, 3.63) is 22.4 Å². The van der Waals surface area contributed by atoms with Gasteiger partial charge < -0.3 is 4.74 Å². The molecule has 1 aromatic rings. The van der Waals surface area contributed by atoms with Gasteiger partial charge in [-0.3, -0.25) is 11.3 Å². The monoisotopic (exact) mass is 226 g/mol. The van der Waals surface area contributed by atoms with Gasteiger partial charge >= 0.3 is 0 Å². The van der Waals surface area contributed by atoms with E-state index in [2.05, 4.69) is 22.3 Å². The lowest BCUT2D eigenvalue weighted by Crippen LogP contribution is -2.28. The van der Waals surface area contributed by atoms with E-state index >= 15 is 0 Å². The summed E-state index contributed by atoms with van der Waals surface area (Å²) < 4.78 is 5.60. The number of nitrogens with two attached hydrogens (primary N) is 1. The van der Waals surface area contributed by atoms with Crippen LogP contribution in [0.25, 0.3) is 0 Å². The third-order valence-corrected chi connectivity index (χ3v) is 3.65. The van der Waals surface area contributed by atoms with E-state index in [0.717, 1.165) is 19.4 Å². The number of hydrazine groups is 1. The molecular weight excluding hydrogens is 208 g/mol. The quantitative estimate of drug-likeness (QED) is 0.598. The number of nitrogens with one attached hydrogen (secondary N) is 1. The molecule has 2 unspecified atom stereocenters. The number of hydrogen-bond donors (Lipinski definition) is 2. The molecule has 3 nitrogen and oxygen atoms in total. The molecule has 1 aliphatic rings. The van der Waals surface area contributed by atoms with E-state index in [0.29, 0.717) is 6.10 Å². The van der Waals surface area contributed by atoms with Gasteiger partial charge in [-0.15, -0.1) is 0 Å². The van der Waals surface area contributed by atoms with Crippen molar-refractivity contribution in [1.29, 1.82) is 0 Å². The van der Waals surface area contributed by atoms with Crippen molar-refractivity contribution in [2.24, 2.45) is 5.84 Å². The lowest BCUT2D eigenvalue weighted by atomic mass is 10.0. The van der Waals surface area contributed by atoms with Gasteiger partial charge in [0.25, 0.3) is 0 Å². The molecule has 0 aromatic carbocycles. The SMILES string of the molecule is NNC(CCC1CCCO1)c1ccsc1. The van der Waals surface area contributed by atoms with Crippen molar-refractivity contribution in [2.45, 2.75) is 37.8 Å². The Morgan fingerprint density at radius 1 is 1.67 bits per heavy atom. The summed E-state index contributed by atoms with van der Waals surface area (Å²) in [6, 6.07) is 2.41. The molecule has 0 saturated carbocycles. The highest BCUT2D eigenvalue weighted by molar-refractivity contribution is 7.07. The maximum atomic E-state index is 5.60. The molecular formula is C11H18N2OS. The van der Waals surface area contributed by atoms with E-state index in [1.165, 1.54) is 18.4 Å². The van der Waals surface area contributed by atoms with Gasteiger partial charge in [-0.05, 0) is 48.1 Å². The highest BCUT2D eigenvalue weighted by Gasteiger charge is 2.18. The first-order valence-corrected chi connectivity index (χ1v) is 6.44. The molecule has 0 radical (unpaired) electrons. The van der Waals surface area contributed by atoms with Gasteiger partial charge in [0, 0.05) is 12.6 Å². The second-order valence-corrected chi connectivity index (χ2v) is 4.77. The number of ether oxygens (including phenoxy) is 1. The first-order chi connectivity index (χ1) is 7.40. The van der Waals surface area contributed by atoms with Crippen LogP contribution in [0.15, 0.2) is 16.8 Å². The normalized spacial score (nSPS) is 23.1. The van der Waals surface area contributed by atoms with E-state index in [-0.39, 0.29) is 6.04 Å². The Morgan fingerprint density at radius 2 is 2.60 bits per heavy atom. The van der Waals surface area contributed by atoms with Gasteiger partial charge in [-0.2, -0.15) is 11.3 Å². The highest BCUT2D eigenvalue weighted by atomic mass is 32.1. The molecule has 1 saturated heterocycles. The Kier molecular flexibility index (Phi) is 4.14. The molecule has 3 N–H and O–H groups in total. The molecule has 4 heteroatoms. The van der Waals surface area contributed by atoms with Gasteiger partial charge in [0.1, 0.15) is 0 Å². The summed E-state index contributed by atoms with van der Waals surface area (Å²) in [6.45, 7) is 0.934. The Bertz CT molecular complexity index is 270. The molecule has 1 fully saturated rings. The van der Waals surface area contributed by atoms with E-state index in [9.17, 15) is 0 Å². The lowest BCUT2D eigenvalue weighted by molar-refractivity contribution is 0.0996. The summed E-state index contributed by atoms with van der Waals surface area (Å²) >= 11 is 1.71. The van der Waals surface area contributed by atoms with E-state index in [1.807, 2.05) is 0 Å². The van der Waals surface area contributed by atoms with Crippen LogP contribution in [0.3, 0.4) is 0 Å². The molecule has 0 spiro atoms. The van der Waals surface area contributed by atoms with Crippen LogP contribution in [0.5, 0.6) is 0 Å². The van der Waals surface area contributed by atoms with Crippen molar-refractivity contribution < 1.29 is 4.74 Å². The summed E-state index contributed by atoms with van der Waals surface area (Å²) in [5, 5.41) is 4.24. The molecule has 0 aliphatic carbocycles. The third kappa shape index (κ3) is 3.01. The molecule has 0 amide bonds. The average molecular weight is 226 g/mol. The second-order valence-electron chi connectivity index (χ2n) is 3.99. The zero-order valence-electron chi connectivity index (χ0n) is 8.82. The highest BCUT2D eigenvalue weighted by Crippen LogP contribution is 2.24. The standard InChI is InChI=1S/C11H18N2OS/c12-13-11(9-5-7-15-8-9)4-3-10-2-1-6-14-10/h5,7-8,10-11,13H,1-4,6,12H2. The van der Waals surface area contributed by atoms with E-state index < -0.39 is 0 Å². The smallest absolute Gasteiger partial charge is 0.0576 e. The van der Waals surface area contributed by atoms with Crippen LogP contribution >= 0.6 is 11.3 Å². The lowest BCUT2D eigenvalue weighted by Gasteiger charge is -2.16. The molecule has 1 aliphatic heterocycles. The zero-order valence-corrected chi connectivity index (χ0v) is 9.63. The predicted octanol–water partition coefficient (Wildman–Crippen LogP) is 2.21. The van der Waals surface area contributed by atoms with Gasteiger partial charge in [0.2, 0.25) is 0 Å². The fourth-order valence-corrected chi connectivity index (χ4v) is 2.76. The summed E-state index contributed by atoms with van der Waals surface area (Å²) in [7, 11) is 0. The average Bonchev–Trinajstić information content (AvgIpc) is 2.90. The van der Waals surface area contributed by atoms with E-state index in [1.54, 1.807) is 11.3 Å². The minimum absolute atomic E-state index is 0.278. The fraction of sp³-hybridized carbons (Fsp3) is 0.636. The largest absolute Gasteiger partial charge is 0.378 e. The number of rotatable bonds is 5. The van der Waals surface area contributed by atoms with Crippen LogP contribution in [0.4, 0.5) is 0 Å². The second kappa shape index (κ2) is 5.61. The Balaban J connectivity index is 1.80. The topological polar surface area (TPSA) is 47.3 Å². The summed E-state index contributed by atoms with van der Waals surface area (Å²) in [6.07, 6.45) is 5.03.